The molecule has 0 saturated carbocycles. The van der Waals surface area contributed by atoms with Crippen LogP contribution in [0.15, 0.2) is 0 Å². The molecule has 0 amide bonds. The second-order valence-corrected chi connectivity index (χ2v) is 11.6. The van der Waals surface area contributed by atoms with Crippen molar-refractivity contribution >= 4 is 13.8 Å². The number of carbonyl (C=O) groups is 1. The van der Waals surface area contributed by atoms with E-state index in [1.807, 2.05) is 20.8 Å². The zero-order valence-electron chi connectivity index (χ0n) is 22.7. The highest BCUT2D eigenvalue weighted by Gasteiger charge is 2.26. The van der Waals surface area contributed by atoms with Crippen LogP contribution in [0.25, 0.3) is 0 Å². The molecule has 0 spiro atoms. The van der Waals surface area contributed by atoms with Crippen molar-refractivity contribution in [1.82, 2.24) is 0 Å². The summed E-state index contributed by atoms with van der Waals surface area (Å²) < 4.78 is 26.7. The van der Waals surface area contributed by atoms with Gasteiger partial charge in [-0.2, -0.15) is 0 Å². The van der Waals surface area contributed by atoms with Gasteiger partial charge in [0.1, 0.15) is 0 Å². The summed E-state index contributed by atoms with van der Waals surface area (Å²) in [7, 11) is -4.28. The number of esters is 1. The van der Waals surface area contributed by atoms with E-state index in [2.05, 4.69) is 6.92 Å². The first-order valence-electron chi connectivity index (χ1n) is 14.0. The van der Waals surface area contributed by atoms with Crippen LogP contribution >= 0.6 is 7.82 Å². The molecule has 0 aromatic rings. The highest BCUT2D eigenvalue weighted by atomic mass is 31.2. The lowest BCUT2D eigenvalue weighted by molar-refractivity contribution is -0.225. The monoisotopic (exact) mass is 505 g/mol. The molecule has 204 valence electrons. The molecule has 6 nitrogen and oxygen atoms in total. The fraction of sp³-hybridized carbons (Fsp3) is 0.963. The Hall–Kier alpha value is -0.420. The second-order valence-electron chi connectivity index (χ2n) is 10.1. The Morgan fingerprint density at radius 1 is 0.647 bits per heavy atom. The van der Waals surface area contributed by atoms with Gasteiger partial charge < -0.3 is 18.7 Å². The lowest BCUT2D eigenvalue weighted by Gasteiger charge is -2.23. The van der Waals surface area contributed by atoms with Gasteiger partial charge in [-0.15, -0.1) is 0 Å². The van der Waals surface area contributed by atoms with Crippen molar-refractivity contribution < 1.29 is 28.0 Å². The summed E-state index contributed by atoms with van der Waals surface area (Å²) >= 11 is 0. The smallest absolute Gasteiger partial charge is 0.311 e. The van der Waals surface area contributed by atoms with E-state index in [0.29, 0.717) is 12.8 Å². The van der Waals surface area contributed by atoms with Gasteiger partial charge in [0, 0.05) is 6.42 Å². The van der Waals surface area contributed by atoms with Gasteiger partial charge in [0.05, 0.1) is 25.2 Å². The highest BCUT2D eigenvalue weighted by Crippen LogP contribution is 2.38. The van der Waals surface area contributed by atoms with Gasteiger partial charge in [-0.1, -0.05) is 110 Å². The molecule has 0 radical (unpaired) electrons. The molecule has 0 aliphatic heterocycles. The summed E-state index contributed by atoms with van der Waals surface area (Å²) in [6, 6.07) is 0. The fourth-order valence-corrected chi connectivity index (χ4v) is 4.38. The third-order valence-electron chi connectivity index (χ3n) is 6.45. The Morgan fingerprint density at radius 3 is 1.44 bits per heavy atom. The molecule has 0 heterocycles. The van der Waals surface area contributed by atoms with Gasteiger partial charge in [-0.3, -0.25) is 9.36 Å². The van der Waals surface area contributed by atoms with Crippen LogP contribution in [0, 0.1) is 5.41 Å². The SMILES string of the molecule is CCCCCCCCCCCCCCCCCCOP(=O)([O-])OCCCOC(=O)C(C)(C)CC. The number of hydrogen-bond acceptors (Lipinski definition) is 6. The van der Waals surface area contributed by atoms with Crippen molar-refractivity contribution in [2.24, 2.45) is 5.41 Å². The van der Waals surface area contributed by atoms with Crippen molar-refractivity contribution in [1.29, 1.82) is 0 Å². The van der Waals surface area contributed by atoms with Crippen molar-refractivity contribution in [2.45, 2.75) is 143 Å². The van der Waals surface area contributed by atoms with E-state index in [1.165, 1.54) is 83.5 Å². The predicted molar refractivity (Wildman–Crippen MR) is 139 cm³/mol. The molecular weight excluding hydrogens is 451 g/mol. The minimum atomic E-state index is -4.28. The minimum Gasteiger partial charge on any atom is -0.756 e. The Kier molecular flexibility index (Phi) is 21.6. The Bertz CT molecular complexity index is 523. The van der Waals surface area contributed by atoms with Crippen LogP contribution in [0.5, 0.6) is 0 Å². The van der Waals surface area contributed by atoms with Crippen molar-refractivity contribution in [3.05, 3.63) is 0 Å². The number of rotatable bonds is 25. The fourth-order valence-electron chi connectivity index (χ4n) is 3.60. The molecule has 7 heteroatoms. The van der Waals surface area contributed by atoms with Crippen LogP contribution in [0.4, 0.5) is 0 Å². The van der Waals surface area contributed by atoms with E-state index < -0.39 is 13.2 Å². The summed E-state index contributed by atoms with van der Waals surface area (Å²) in [5, 5.41) is 0. The minimum absolute atomic E-state index is 0.0421. The van der Waals surface area contributed by atoms with Crippen LogP contribution < -0.4 is 4.89 Å². The van der Waals surface area contributed by atoms with Gasteiger partial charge >= 0.3 is 5.97 Å². The summed E-state index contributed by atoms with van der Waals surface area (Å²) in [5.41, 5.74) is -0.523. The zero-order valence-corrected chi connectivity index (χ0v) is 23.6. The molecule has 1 unspecified atom stereocenters. The summed E-state index contributed by atoms with van der Waals surface area (Å²) in [5.74, 6) is -0.278. The molecule has 1 atom stereocenters. The quantitative estimate of drug-likeness (QED) is 0.0707. The predicted octanol–water partition coefficient (Wildman–Crippen LogP) is 8.12. The van der Waals surface area contributed by atoms with Gasteiger partial charge in [0.25, 0.3) is 7.82 Å². The Balaban J connectivity index is 3.42. The standard InChI is InChI=1S/C27H55O6P/c1-5-7-8-9-10-11-12-13-14-15-16-17-18-19-20-21-24-32-34(29,30)33-25-22-23-31-26(28)27(3,4)6-2/h5-25H2,1-4H3,(H,29,30)/p-1. The molecule has 0 saturated heterocycles. The topological polar surface area (TPSA) is 84.9 Å². The highest BCUT2D eigenvalue weighted by molar-refractivity contribution is 7.45. The van der Waals surface area contributed by atoms with Crippen LogP contribution in [0.3, 0.4) is 0 Å². The molecular formula is C27H54O6P-. The average Bonchev–Trinajstić information content (AvgIpc) is 2.80. The van der Waals surface area contributed by atoms with Crippen molar-refractivity contribution in [2.75, 3.05) is 19.8 Å². The molecule has 0 aliphatic carbocycles. The zero-order chi connectivity index (χ0) is 25.5. The van der Waals surface area contributed by atoms with Crippen LogP contribution in [0.2, 0.25) is 0 Å². The first-order valence-corrected chi connectivity index (χ1v) is 15.5. The molecule has 0 fully saturated rings. The number of phosphoric acid groups is 1. The van der Waals surface area contributed by atoms with Crippen LogP contribution in [-0.4, -0.2) is 25.8 Å². The van der Waals surface area contributed by atoms with E-state index >= 15 is 0 Å². The van der Waals surface area contributed by atoms with E-state index in [-0.39, 0.29) is 25.8 Å². The number of ether oxygens (including phenoxy) is 1. The molecule has 0 aliphatic rings. The molecule has 0 bridgehead atoms. The first-order chi connectivity index (χ1) is 16.2. The molecule has 34 heavy (non-hydrogen) atoms. The maximum absolute atomic E-state index is 11.8. The maximum Gasteiger partial charge on any atom is 0.311 e. The van der Waals surface area contributed by atoms with Gasteiger partial charge in [-0.25, -0.2) is 0 Å². The normalized spacial score (nSPS) is 13.7. The Morgan fingerprint density at radius 2 is 1.03 bits per heavy atom. The molecule has 0 aromatic heterocycles. The van der Waals surface area contributed by atoms with Crippen LogP contribution in [0.1, 0.15) is 143 Å². The number of unbranched alkanes of at least 4 members (excludes halogenated alkanes) is 15. The second kappa shape index (κ2) is 21.8. The lowest BCUT2D eigenvalue weighted by Crippen LogP contribution is -2.26. The number of hydrogen-bond donors (Lipinski definition) is 0. The molecule has 0 N–H and O–H groups in total. The van der Waals surface area contributed by atoms with E-state index in [9.17, 15) is 14.3 Å². The number of phosphoric ester groups is 1. The third kappa shape index (κ3) is 20.9. The maximum atomic E-state index is 11.8. The summed E-state index contributed by atoms with van der Waals surface area (Å²) in [6.45, 7) is 8.10. The lowest BCUT2D eigenvalue weighted by atomic mass is 9.91. The van der Waals surface area contributed by atoms with Crippen molar-refractivity contribution in [3.8, 4) is 0 Å². The Labute approximate surface area is 210 Å². The van der Waals surface area contributed by atoms with E-state index in [4.69, 9.17) is 13.8 Å². The largest absolute Gasteiger partial charge is 0.756 e. The molecule has 0 rings (SSSR count). The average molecular weight is 506 g/mol. The molecule has 0 aromatic carbocycles. The number of carbonyl (C=O) groups excluding carboxylic acids is 1. The van der Waals surface area contributed by atoms with Gasteiger partial charge in [-0.05, 0) is 26.7 Å². The van der Waals surface area contributed by atoms with Crippen LogP contribution in [-0.2, 0) is 23.1 Å². The third-order valence-corrected chi connectivity index (χ3v) is 7.45. The summed E-state index contributed by atoms with van der Waals surface area (Å²) in [6.07, 6.45) is 21.4. The summed E-state index contributed by atoms with van der Waals surface area (Å²) in [4.78, 5) is 23.6. The van der Waals surface area contributed by atoms with E-state index in [0.717, 1.165) is 19.3 Å². The van der Waals surface area contributed by atoms with E-state index in [1.54, 1.807) is 0 Å². The first kappa shape index (κ1) is 33.6. The van der Waals surface area contributed by atoms with Crippen molar-refractivity contribution in [3.63, 3.8) is 0 Å². The van der Waals surface area contributed by atoms with Gasteiger partial charge in [0.15, 0.2) is 0 Å². The van der Waals surface area contributed by atoms with Gasteiger partial charge in [0.2, 0.25) is 0 Å².